The minimum Gasteiger partial charge on any atom is -0.488 e. The molecule has 1 N–H and O–H groups in total. The van der Waals surface area contributed by atoms with Gasteiger partial charge >= 0.3 is 6.03 Å². The molecule has 9 heteroatoms. The highest BCUT2D eigenvalue weighted by molar-refractivity contribution is 9.10. The Hall–Kier alpha value is -3.13. The Morgan fingerprint density at radius 3 is 2.39 bits per heavy atom. The average Bonchev–Trinajstić information content (AvgIpc) is 2.77. The van der Waals surface area contributed by atoms with Crippen molar-refractivity contribution in [3.8, 4) is 5.75 Å². The highest BCUT2D eigenvalue weighted by atomic mass is 79.9. The molecule has 0 atom stereocenters. The van der Waals surface area contributed by atoms with Crippen LogP contribution in [0.15, 0.2) is 76.8 Å². The molecule has 0 saturated carbocycles. The lowest BCUT2D eigenvalue weighted by atomic mass is 10.1. The van der Waals surface area contributed by atoms with Crippen molar-refractivity contribution < 1.29 is 19.1 Å². The van der Waals surface area contributed by atoms with Crippen molar-refractivity contribution in [1.29, 1.82) is 0 Å². The summed E-state index contributed by atoms with van der Waals surface area (Å²) in [6.07, 6.45) is 1.41. The molecule has 4 rings (SSSR count). The minimum atomic E-state index is -0.837. The first-order valence-corrected chi connectivity index (χ1v) is 11.2. The van der Waals surface area contributed by atoms with Gasteiger partial charge in [-0.25, -0.2) is 9.69 Å². The summed E-state index contributed by atoms with van der Waals surface area (Å²) in [6.45, 7) is 0.341. The average molecular weight is 546 g/mol. The van der Waals surface area contributed by atoms with E-state index in [1.54, 1.807) is 48.5 Å². The van der Waals surface area contributed by atoms with Gasteiger partial charge in [0.1, 0.15) is 17.9 Å². The highest BCUT2D eigenvalue weighted by Crippen LogP contribution is 2.29. The van der Waals surface area contributed by atoms with E-state index in [4.69, 9.17) is 27.9 Å². The van der Waals surface area contributed by atoms with Crippen LogP contribution in [-0.2, 0) is 16.2 Å². The first kappa shape index (κ1) is 23.0. The van der Waals surface area contributed by atoms with Gasteiger partial charge in [-0.05, 0) is 75.6 Å². The summed E-state index contributed by atoms with van der Waals surface area (Å²) < 4.78 is 6.46. The van der Waals surface area contributed by atoms with Crippen LogP contribution in [0.25, 0.3) is 6.08 Å². The number of halogens is 3. The molecule has 4 amide bonds. The summed E-state index contributed by atoms with van der Waals surface area (Å²) in [5.41, 5.74) is 1.60. The minimum absolute atomic E-state index is 0.184. The molecule has 1 aliphatic heterocycles. The maximum Gasteiger partial charge on any atom is 0.335 e. The summed E-state index contributed by atoms with van der Waals surface area (Å²) >= 11 is 15.3. The van der Waals surface area contributed by atoms with Gasteiger partial charge in [0.2, 0.25) is 0 Å². The van der Waals surface area contributed by atoms with Crippen LogP contribution >= 0.6 is 39.1 Å². The molecule has 0 bridgehead atoms. The lowest BCUT2D eigenvalue weighted by Crippen LogP contribution is -2.54. The number of carbonyl (C=O) groups is 3. The second-order valence-corrected chi connectivity index (χ2v) is 8.77. The predicted molar refractivity (Wildman–Crippen MR) is 130 cm³/mol. The summed E-state index contributed by atoms with van der Waals surface area (Å²) in [7, 11) is 0. The van der Waals surface area contributed by atoms with Gasteiger partial charge in [-0.15, -0.1) is 0 Å². The molecule has 166 valence electrons. The number of ether oxygens (including phenoxy) is 1. The van der Waals surface area contributed by atoms with E-state index < -0.39 is 17.8 Å². The normalized spacial score (nSPS) is 15.1. The molecule has 0 unspecified atom stereocenters. The highest BCUT2D eigenvalue weighted by Gasteiger charge is 2.36. The van der Waals surface area contributed by atoms with Crippen molar-refractivity contribution in [2.24, 2.45) is 0 Å². The third-order valence-electron chi connectivity index (χ3n) is 4.74. The Morgan fingerprint density at radius 2 is 1.70 bits per heavy atom. The molecule has 33 heavy (non-hydrogen) atoms. The van der Waals surface area contributed by atoms with Gasteiger partial charge in [0.15, 0.2) is 0 Å². The molecule has 1 fully saturated rings. The van der Waals surface area contributed by atoms with Gasteiger partial charge < -0.3 is 4.74 Å². The third-order valence-corrected chi connectivity index (χ3v) is 5.85. The van der Waals surface area contributed by atoms with E-state index in [1.165, 1.54) is 12.1 Å². The van der Waals surface area contributed by atoms with Crippen LogP contribution in [0.2, 0.25) is 10.0 Å². The monoisotopic (exact) mass is 544 g/mol. The number of barbiturate groups is 1. The number of benzene rings is 3. The van der Waals surface area contributed by atoms with Gasteiger partial charge in [0.05, 0.1) is 10.2 Å². The van der Waals surface area contributed by atoms with E-state index in [1.807, 2.05) is 12.1 Å². The second-order valence-electron chi connectivity index (χ2n) is 7.04. The number of hydrogen-bond donors (Lipinski definition) is 1. The lowest BCUT2D eigenvalue weighted by Gasteiger charge is -2.26. The quantitative estimate of drug-likeness (QED) is 0.315. The molecule has 0 aromatic heterocycles. The SMILES string of the molecule is O=C1NC(=O)N(c2cccc(Cl)c2)C(=O)/C1=C/c1ccc(OCc2ccc(Cl)cc2)c(Br)c1. The van der Waals surface area contributed by atoms with Gasteiger partial charge in [-0.3, -0.25) is 14.9 Å². The third kappa shape index (κ3) is 5.27. The fraction of sp³-hybridized carbons (Fsp3) is 0.0417. The zero-order chi connectivity index (χ0) is 23.5. The largest absolute Gasteiger partial charge is 0.488 e. The van der Waals surface area contributed by atoms with Crippen molar-refractivity contribution in [3.05, 3.63) is 97.9 Å². The van der Waals surface area contributed by atoms with E-state index in [0.29, 0.717) is 32.4 Å². The molecule has 0 aliphatic carbocycles. The van der Waals surface area contributed by atoms with Gasteiger partial charge in [0.25, 0.3) is 11.8 Å². The number of rotatable bonds is 5. The fourth-order valence-corrected chi connectivity index (χ4v) is 3.96. The summed E-state index contributed by atoms with van der Waals surface area (Å²) in [4.78, 5) is 38.5. The Labute approximate surface area is 207 Å². The first-order valence-electron chi connectivity index (χ1n) is 9.65. The zero-order valence-electron chi connectivity index (χ0n) is 16.8. The van der Waals surface area contributed by atoms with Gasteiger partial charge in [-0.2, -0.15) is 0 Å². The zero-order valence-corrected chi connectivity index (χ0v) is 19.9. The van der Waals surface area contributed by atoms with Crippen LogP contribution in [-0.4, -0.2) is 17.8 Å². The number of hydrogen-bond acceptors (Lipinski definition) is 4. The summed E-state index contributed by atoms with van der Waals surface area (Å²) in [5.74, 6) is -0.935. The Balaban J connectivity index is 1.56. The molecule has 0 spiro atoms. The van der Waals surface area contributed by atoms with E-state index in [0.717, 1.165) is 10.5 Å². The fourth-order valence-electron chi connectivity index (χ4n) is 3.14. The van der Waals surface area contributed by atoms with E-state index in [2.05, 4.69) is 21.2 Å². The number of nitrogens with zero attached hydrogens (tertiary/aromatic N) is 1. The summed E-state index contributed by atoms with van der Waals surface area (Å²) in [5, 5.41) is 3.19. The number of carbonyl (C=O) groups excluding carboxylic acids is 3. The lowest BCUT2D eigenvalue weighted by molar-refractivity contribution is -0.122. The summed E-state index contributed by atoms with van der Waals surface area (Å²) in [6, 6.07) is 17.9. The van der Waals surface area contributed by atoms with Gasteiger partial charge in [-0.1, -0.05) is 47.5 Å². The van der Waals surface area contributed by atoms with E-state index >= 15 is 0 Å². The molecule has 3 aromatic carbocycles. The van der Waals surface area contributed by atoms with E-state index in [9.17, 15) is 14.4 Å². The van der Waals surface area contributed by atoms with Crippen LogP contribution in [0.3, 0.4) is 0 Å². The molecule has 6 nitrogen and oxygen atoms in total. The maximum atomic E-state index is 13.0. The van der Waals surface area contributed by atoms with Crippen LogP contribution in [0.4, 0.5) is 10.5 Å². The molecule has 1 saturated heterocycles. The number of amides is 4. The van der Waals surface area contributed by atoms with Crippen LogP contribution in [0.1, 0.15) is 11.1 Å². The molecule has 0 radical (unpaired) electrons. The van der Waals surface area contributed by atoms with Crippen LogP contribution < -0.4 is 15.0 Å². The van der Waals surface area contributed by atoms with Crippen molar-refractivity contribution in [2.75, 3.05) is 4.90 Å². The standard InChI is InChI=1S/C24H15BrCl2N2O4/c25-20-11-15(6-9-21(20)33-13-14-4-7-16(26)8-5-14)10-19-22(30)28-24(32)29(23(19)31)18-3-1-2-17(27)12-18/h1-12H,13H2,(H,28,30,32)/b19-10+. The Bertz CT molecular complexity index is 1290. The van der Waals surface area contributed by atoms with Crippen molar-refractivity contribution in [1.82, 2.24) is 5.32 Å². The van der Waals surface area contributed by atoms with E-state index in [-0.39, 0.29) is 11.3 Å². The van der Waals surface area contributed by atoms with Crippen molar-refractivity contribution >= 4 is 68.7 Å². The van der Waals surface area contributed by atoms with Crippen molar-refractivity contribution in [3.63, 3.8) is 0 Å². The smallest absolute Gasteiger partial charge is 0.335 e. The number of anilines is 1. The molecule has 1 heterocycles. The number of urea groups is 1. The number of imide groups is 2. The molecular weight excluding hydrogens is 531 g/mol. The first-order chi connectivity index (χ1) is 15.8. The maximum absolute atomic E-state index is 13.0. The molecular formula is C24H15BrCl2N2O4. The molecule has 3 aromatic rings. The number of nitrogens with one attached hydrogen (secondary N) is 1. The Morgan fingerprint density at radius 1 is 0.939 bits per heavy atom. The van der Waals surface area contributed by atoms with Gasteiger partial charge in [0, 0.05) is 10.0 Å². The topological polar surface area (TPSA) is 75.7 Å². The second kappa shape index (κ2) is 9.79. The van der Waals surface area contributed by atoms with Crippen molar-refractivity contribution in [2.45, 2.75) is 6.61 Å². The predicted octanol–water partition coefficient (Wildman–Crippen LogP) is 6.00. The van der Waals surface area contributed by atoms with Crippen LogP contribution in [0, 0.1) is 0 Å². The molecule has 1 aliphatic rings. The van der Waals surface area contributed by atoms with Crippen LogP contribution in [0.5, 0.6) is 5.75 Å². The Kier molecular flexibility index (Phi) is 6.83.